The second-order valence-electron chi connectivity index (χ2n) is 4.56. The maximum atomic E-state index is 5.88. The summed E-state index contributed by atoms with van der Waals surface area (Å²) in [7, 11) is 0. The fourth-order valence-corrected chi connectivity index (χ4v) is 2.04. The molecule has 0 aromatic carbocycles. The number of hydrogen-bond acceptors (Lipinski definition) is 5. The molecule has 0 saturated heterocycles. The first-order valence-corrected chi connectivity index (χ1v) is 6.22. The van der Waals surface area contributed by atoms with Crippen molar-refractivity contribution >= 4 is 5.82 Å². The molecule has 0 unspecified atom stereocenters. The summed E-state index contributed by atoms with van der Waals surface area (Å²) in [6.45, 7) is 3.88. The minimum Gasteiger partial charge on any atom is -0.384 e. The van der Waals surface area contributed by atoms with E-state index in [2.05, 4.69) is 20.1 Å². The molecule has 0 atom stereocenters. The zero-order chi connectivity index (χ0) is 14.1. The van der Waals surface area contributed by atoms with Crippen LogP contribution in [0.2, 0.25) is 0 Å². The summed E-state index contributed by atoms with van der Waals surface area (Å²) in [5.74, 6) is 0.871. The summed E-state index contributed by atoms with van der Waals surface area (Å²) in [4.78, 5) is 12.9. The zero-order valence-electron chi connectivity index (χ0n) is 11.3. The number of pyridine rings is 1. The van der Waals surface area contributed by atoms with Crippen molar-refractivity contribution in [3.8, 4) is 17.2 Å². The van der Waals surface area contributed by atoms with Crippen LogP contribution in [0.15, 0.2) is 36.7 Å². The van der Waals surface area contributed by atoms with E-state index in [9.17, 15) is 0 Å². The van der Waals surface area contributed by atoms with Gasteiger partial charge in [-0.15, -0.1) is 0 Å². The first kappa shape index (κ1) is 12.3. The average Bonchev–Trinajstić information content (AvgIpc) is 2.78. The summed E-state index contributed by atoms with van der Waals surface area (Å²) >= 11 is 0. The van der Waals surface area contributed by atoms with Crippen LogP contribution in [0.4, 0.5) is 5.82 Å². The van der Waals surface area contributed by atoms with Crippen molar-refractivity contribution in [3.05, 3.63) is 48.0 Å². The van der Waals surface area contributed by atoms with Gasteiger partial charge in [-0.1, -0.05) is 0 Å². The number of rotatable bonds is 2. The van der Waals surface area contributed by atoms with Gasteiger partial charge in [0.2, 0.25) is 0 Å². The molecule has 0 aliphatic carbocycles. The van der Waals surface area contributed by atoms with Gasteiger partial charge in [-0.05, 0) is 32.0 Å². The molecule has 3 rings (SSSR count). The summed E-state index contributed by atoms with van der Waals surface area (Å²) < 4.78 is 1.69. The Morgan fingerprint density at radius 2 is 2.00 bits per heavy atom. The Bertz CT molecular complexity index is 748. The monoisotopic (exact) mass is 266 g/mol. The molecule has 6 nitrogen and oxygen atoms in total. The molecular weight excluding hydrogens is 252 g/mol. The molecule has 3 heterocycles. The van der Waals surface area contributed by atoms with Gasteiger partial charge in [-0.2, -0.15) is 10.1 Å². The van der Waals surface area contributed by atoms with Crippen LogP contribution in [-0.2, 0) is 0 Å². The molecule has 0 fully saturated rings. The Labute approximate surface area is 116 Å². The lowest BCUT2D eigenvalue weighted by molar-refractivity contribution is 0.777. The predicted octanol–water partition coefficient (Wildman–Crippen LogP) is 1.92. The van der Waals surface area contributed by atoms with Crippen molar-refractivity contribution in [1.82, 2.24) is 24.7 Å². The largest absolute Gasteiger partial charge is 0.384 e. The lowest BCUT2D eigenvalue weighted by Crippen LogP contribution is -2.07. The van der Waals surface area contributed by atoms with Crippen molar-refractivity contribution in [3.63, 3.8) is 0 Å². The summed E-state index contributed by atoms with van der Waals surface area (Å²) in [6.07, 6.45) is 3.46. The summed E-state index contributed by atoms with van der Waals surface area (Å²) in [5, 5.41) is 4.38. The maximum Gasteiger partial charge on any atom is 0.253 e. The van der Waals surface area contributed by atoms with Crippen LogP contribution in [0, 0.1) is 13.8 Å². The van der Waals surface area contributed by atoms with Gasteiger partial charge in [-0.25, -0.2) is 9.67 Å². The van der Waals surface area contributed by atoms with Gasteiger partial charge < -0.3 is 5.73 Å². The third kappa shape index (κ3) is 2.23. The third-order valence-electron chi connectivity index (χ3n) is 2.89. The molecule has 3 aromatic heterocycles. The average molecular weight is 266 g/mol. The Morgan fingerprint density at radius 3 is 2.65 bits per heavy atom. The highest BCUT2D eigenvalue weighted by molar-refractivity contribution is 5.61. The molecule has 0 spiro atoms. The lowest BCUT2D eigenvalue weighted by atomic mass is 10.2. The summed E-state index contributed by atoms with van der Waals surface area (Å²) in [6, 6.07) is 7.48. The van der Waals surface area contributed by atoms with Crippen LogP contribution in [0.3, 0.4) is 0 Å². The molecule has 3 aromatic rings. The lowest BCUT2D eigenvalue weighted by Gasteiger charge is -2.07. The number of nitrogens with zero attached hydrogens (tertiary/aromatic N) is 5. The Kier molecular flexibility index (Phi) is 2.90. The number of nitrogens with two attached hydrogens (primary N) is 1. The minimum absolute atomic E-state index is 0.404. The highest BCUT2D eigenvalue weighted by Gasteiger charge is 2.10. The molecule has 0 aliphatic heterocycles. The van der Waals surface area contributed by atoms with Crippen molar-refractivity contribution in [2.75, 3.05) is 5.73 Å². The normalized spacial score (nSPS) is 10.7. The van der Waals surface area contributed by atoms with E-state index >= 15 is 0 Å². The Hall–Kier alpha value is -2.76. The molecule has 0 amide bonds. The van der Waals surface area contributed by atoms with E-state index in [0.29, 0.717) is 11.8 Å². The van der Waals surface area contributed by atoms with Crippen LogP contribution in [-0.4, -0.2) is 24.7 Å². The van der Waals surface area contributed by atoms with Crippen molar-refractivity contribution < 1.29 is 0 Å². The van der Waals surface area contributed by atoms with E-state index in [1.165, 1.54) is 0 Å². The second-order valence-corrected chi connectivity index (χ2v) is 4.56. The fourth-order valence-electron chi connectivity index (χ4n) is 2.04. The SMILES string of the molecule is Cc1cc(C)n(-c2nc(N)cc(-c3cccnc3)n2)n1. The van der Waals surface area contributed by atoms with Gasteiger partial charge in [-0.3, -0.25) is 4.98 Å². The topological polar surface area (TPSA) is 82.5 Å². The predicted molar refractivity (Wildman–Crippen MR) is 76.3 cm³/mol. The first-order chi connectivity index (χ1) is 9.63. The van der Waals surface area contributed by atoms with E-state index in [0.717, 1.165) is 22.6 Å². The standard InChI is InChI=1S/C14H14N6/c1-9-6-10(2)20(19-9)14-17-12(7-13(15)18-14)11-4-3-5-16-8-11/h3-8H,1-2H3,(H2,15,17,18). The molecule has 2 N–H and O–H groups in total. The Morgan fingerprint density at radius 1 is 1.15 bits per heavy atom. The molecule has 20 heavy (non-hydrogen) atoms. The van der Waals surface area contributed by atoms with Crippen molar-refractivity contribution in [2.45, 2.75) is 13.8 Å². The van der Waals surface area contributed by atoms with E-state index in [4.69, 9.17) is 5.73 Å². The fraction of sp³-hybridized carbons (Fsp3) is 0.143. The number of aryl methyl sites for hydroxylation is 2. The number of nitrogen functional groups attached to an aromatic ring is 1. The quantitative estimate of drug-likeness (QED) is 0.766. The number of anilines is 1. The van der Waals surface area contributed by atoms with Gasteiger partial charge in [0.1, 0.15) is 5.82 Å². The van der Waals surface area contributed by atoms with Crippen LogP contribution in [0.5, 0.6) is 0 Å². The van der Waals surface area contributed by atoms with E-state index in [1.54, 1.807) is 23.1 Å². The van der Waals surface area contributed by atoms with Crippen LogP contribution >= 0.6 is 0 Å². The molecule has 0 saturated carbocycles. The first-order valence-electron chi connectivity index (χ1n) is 6.22. The second kappa shape index (κ2) is 4.73. The Balaban J connectivity index is 2.14. The molecule has 0 radical (unpaired) electrons. The van der Waals surface area contributed by atoms with Gasteiger partial charge in [0, 0.05) is 29.7 Å². The number of hydrogen-bond donors (Lipinski definition) is 1. The molecule has 100 valence electrons. The molecule has 0 aliphatic rings. The van der Waals surface area contributed by atoms with Crippen LogP contribution < -0.4 is 5.73 Å². The maximum absolute atomic E-state index is 5.88. The van der Waals surface area contributed by atoms with Crippen molar-refractivity contribution in [1.29, 1.82) is 0 Å². The van der Waals surface area contributed by atoms with Gasteiger partial charge in [0.15, 0.2) is 0 Å². The van der Waals surface area contributed by atoms with E-state index < -0.39 is 0 Å². The molecule has 0 bridgehead atoms. The summed E-state index contributed by atoms with van der Waals surface area (Å²) in [5.41, 5.74) is 9.38. The van der Waals surface area contributed by atoms with Gasteiger partial charge in [0.05, 0.1) is 11.4 Å². The zero-order valence-corrected chi connectivity index (χ0v) is 11.3. The highest BCUT2D eigenvalue weighted by Crippen LogP contribution is 2.19. The highest BCUT2D eigenvalue weighted by atomic mass is 15.4. The van der Waals surface area contributed by atoms with Crippen LogP contribution in [0.1, 0.15) is 11.4 Å². The molecule has 6 heteroatoms. The van der Waals surface area contributed by atoms with E-state index in [-0.39, 0.29) is 0 Å². The van der Waals surface area contributed by atoms with Gasteiger partial charge in [0.25, 0.3) is 5.95 Å². The van der Waals surface area contributed by atoms with Crippen molar-refractivity contribution in [2.24, 2.45) is 0 Å². The third-order valence-corrected chi connectivity index (χ3v) is 2.89. The molecular formula is C14H14N6. The van der Waals surface area contributed by atoms with E-state index in [1.807, 2.05) is 32.0 Å². The smallest absolute Gasteiger partial charge is 0.253 e. The van der Waals surface area contributed by atoms with Crippen LogP contribution in [0.25, 0.3) is 17.2 Å². The van der Waals surface area contributed by atoms with Gasteiger partial charge >= 0.3 is 0 Å². The number of aromatic nitrogens is 5. The minimum atomic E-state index is 0.404.